The number of nitrogens with zero attached hydrogens (tertiary/aromatic N) is 2. The highest BCUT2D eigenvalue weighted by Gasteiger charge is 2.18. The molecule has 2 N–H and O–H groups in total. The molecular weight excluding hydrogens is 250 g/mol. The molecule has 0 spiro atoms. The van der Waals surface area contributed by atoms with Gasteiger partial charge in [-0.25, -0.2) is 14.8 Å². The van der Waals surface area contributed by atoms with Crippen molar-refractivity contribution in [2.75, 3.05) is 17.3 Å². The van der Waals surface area contributed by atoms with Crippen LogP contribution in [0.25, 0.3) is 0 Å². The molecule has 0 aliphatic rings. The fraction of sp³-hybridized carbons (Fsp3) is 0.444. The number of halogens is 1. The number of aromatic nitrogens is 2. The second kappa shape index (κ2) is 6.55. The largest absolute Gasteiger partial charge is 0.480 e. The standard InChI is InChI=1S/C9H12ClN3O2S/c1-16-5-2-6(9(14)15)13-8-7(10)11-3-4-12-8/h3-4,6H,2,5H2,1H3,(H,12,13)(H,14,15). The molecule has 7 heteroatoms. The van der Waals surface area contributed by atoms with E-state index in [1.807, 2.05) is 6.26 Å². The highest BCUT2D eigenvalue weighted by Crippen LogP contribution is 2.16. The van der Waals surface area contributed by atoms with Crippen molar-refractivity contribution < 1.29 is 9.90 Å². The number of nitrogens with one attached hydrogen (secondary N) is 1. The summed E-state index contributed by atoms with van der Waals surface area (Å²) in [4.78, 5) is 18.7. The van der Waals surface area contributed by atoms with Gasteiger partial charge in [0.1, 0.15) is 6.04 Å². The monoisotopic (exact) mass is 261 g/mol. The van der Waals surface area contributed by atoms with Gasteiger partial charge in [0.2, 0.25) is 0 Å². The van der Waals surface area contributed by atoms with Gasteiger partial charge in [0, 0.05) is 12.4 Å². The van der Waals surface area contributed by atoms with Gasteiger partial charge in [-0.1, -0.05) is 11.6 Å². The molecule has 1 rings (SSSR count). The highest BCUT2D eigenvalue weighted by atomic mass is 35.5. The predicted octanol–water partition coefficient (Wildman–Crippen LogP) is 1.75. The lowest BCUT2D eigenvalue weighted by Crippen LogP contribution is -2.30. The molecular formula is C9H12ClN3O2S. The normalized spacial score (nSPS) is 12.1. The minimum absolute atomic E-state index is 0.179. The van der Waals surface area contributed by atoms with Gasteiger partial charge in [0.15, 0.2) is 11.0 Å². The van der Waals surface area contributed by atoms with E-state index in [9.17, 15) is 4.79 Å². The van der Waals surface area contributed by atoms with E-state index in [4.69, 9.17) is 16.7 Å². The first-order valence-electron chi connectivity index (χ1n) is 4.60. The molecule has 0 bridgehead atoms. The van der Waals surface area contributed by atoms with E-state index in [2.05, 4.69) is 15.3 Å². The van der Waals surface area contributed by atoms with Gasteiger partial charge in [-0.3, -0.25) is 0 Å². The van der Waals surface area contributed by atoms with E-state index >= 15 is 0 Å². The second-order valence-electron chi connectivity index (χ2n) is 3.01. The molecule has 0 saturated carbocycles. The molecule has 1 aromatic heterocycles. The molecule has 88 valence electrons. The number of carbonyl (C=O) groups is 1. The molecule has 0 fully saturated rings. The van der Waals surface area contributed by atoms with Gasteiger partial charge in [0.25, 0.3) is 0 Å². The summed E-state index contributed by atoms with van der Waals surface area (Å²) >= 11 is 7.36. The second-order valence-corrected chi connectivity index (χ2v) is 4.36. The Balaban J connectivity index is 2.68. The lowest BCUT2D eigenvalue weighted by atomic mass is 10.2. The molecule has 1 aromatic rings. The molecule has 0 amide bonds. The number of aliphatic carboxylic acids is 1. The van der Waals surface area contributed by atoms with E-state index in [0.29, 0.717) is 12.2 Å². The summed E-state index contributed by atoms with van der Waals surface area (Å²) in [5, 5.41) is 11.9. The van der Waals surface area contributed by atoms with Crippen molar-refractivity contribution >= 4 is 35.1 Å². The number of hydrogen-bond donors (Lipinski definition) is 2. The van der Waals surface area contributed by atoms with E-state index in [1.165, 1.54) is 12.4 Å². The first-order valence-corrected chi connectivity index (χ1v) is 6.37. The van der Waals surface area contributed by atoms with Crippen molar-refractivity contribution in [1.82, 2.24) is 9.97 Å². The van der Waals surface area contributed by atoms with E-state index in [0.717, 1.165) is 5.75 Å². The Labute approximate surface area is 103 Å². The topological polar surface area (TPSA) is 75.1 Å². The van der Waals surface area contributed by atoms with E-state index in [1.54, 1.807) is 11.8 Å². The fourth-order valence-corrected chi connectivity index (χ4v) is 1.71. The molecule has 1 unspecified atom stereocenters. The number of hydrogen-bond acceptors (Lipinski definition) is 5. The van der Waals surface area contributed by atoms with Crippen LogP contribution in [0, 0.1) is 0 Å². The smallest absolute Gasteiger partial charge is 0.326 e. The number of rotatable bonds is 6. The molecule has 0 aliphatic heterocycles. The van der Waals surface area contributed by atoms with Gasteiger partial charge in [-0.2, -0.15) is 11.8 Å². The summed E-state index contributed by atoms with van der Waals surface area (Å²) in [5.41, 5.74) is 0. The van der Waals surface area contributed by atoms with Crippen LogP contribution in [0.1, 0.15) is 6.42 Å². The highest BCUT2D eigenvalue weighted by molar-refractivity contribution is 7.98. The molecule has 0 aromatic carbocycles. The molecule has 5 nitrogen and oxygen atoms in total. The Hall–Kier alpha value is -1.01. The van der Waals surface area contributed by atoms with Crippen LogP contribution in [0.5, 0.6) is 0 Å². The SMILES string of the molecule is CSCCC(Nc1nccnc1Cl)C(=O)O. The van der Waals surface area contributed by atoms with Crippen LogP contribution in [0.15, 0.2) is 12.4 Å². The molecule has 0 aliphatic carbocycles. The van der Waals surface area contributed by atoms with Crippen molar-refractivity contribution in [1.29, 1.82) is 0 Å². The summed E-state index contributed by atoms with van der Waals surface area (Å²) in [6, 6.07) is -0.693. The summed E-state index contributed by atoms with van der Waals surface area (Å²) < 4.78 is 0. The van der Waals surface area contributed by atoms with E-state index < -0.39 is 12.0 Å². The first kappa shape index (κ1) is 13.1. The maximum absolute atomic E-state index is 11.0. The molecule has 1 atom stereocenters. The summed E-state index contributed by atoms with van der Waals surface area (Å²) in [7, 11) is 0. The first-order chi connectivity index (χ1) is 7.65. The Morgan fingerprint density at radius 2 is 2.31 bits per heavy atom. The Bertz CT molecular complexity index is 364. The Morgan fingerprint density at radius 1 is 1.62 bits per heavy atom. The lowest BCUT2D eigenvalue weighted by Gasteiger charge is -2.14. The van der Waals surface area contributed by atoms with Crippen molar-refractivity contribution in [3.63, 3.8) is 0 Å². The fourth-order valence-electron chi connectivity index (χ4n) is 1.08. The van der Waals surface area contributed by atoms with Crippen LogP contribution in [0.4, 0.5) is 5.82 Å². The van der Waals surface area contributed by atoms with Gasteiger partial charge >= 0.3 is 5.97 Å². The average Bonchev–Trinajstić information content (AvgIpc) is 2.26. The molecule has 0 saturated heterocycles. The zero-order valence-electron chi connectivity index (χ0n) is 8.68. The minimum Gasteiger partial charge on any atom is -0.480 e. The van der Waals surface area contributed by atoms with Crippen molar-refractivity contribution in [2.45, 2.75) is 12.5 Å². The minimum atomic E-state index is -0.921. The third-order valence-electron chi connectivity index (χ3n) is 1.87. The molecule has 0 radical (unpaired) electrons. The lowest BCUT2D eigenvalue weighted by molar-refractivity contribution is -0.137. The van der Waals surface area contributed by atoms with Crippen molar-refractivity contribution in [3.8, 4) is 0 Å². The maximum Gasteiger partial charge on any atom is 0.326 e. The summed E-state index contributed by atoms with van der Waals surface area (Å²) in [6.45, 7) is 0. The van der Waals surface area contributed by atoms with Crippen LogP contribution >= 0.6 is 23.4 Å². The number of thioether (sulfide) groups is 1. The molecule has 1 heterocycles. The molecule has 16 heavy (non-hydrogen) atoms. The Kier molecular flexibility index (Phi) is 5.34. The third kappa shape index (κ3) is 3.86. The van der Waals surface area contributed by atoms with Crippen molar-refractivity contribution in [3.05, 3.63) is 17.5 Å². The zero-order chi connectivity index (χ0) is 12.0. The van der Waals surface area contributed by atoms with Crippen LogP contribution < -0.4 is 5.32 Å². The van der Waals surface area contributed by atoms with Gasteiger partial charge < -0.3 is 10.4 Å². The van der Waals surface area contributed by atoms with Crippen LogP contribution in [0.2, 0.25) is 5.15 Å². The maximum atomic E-state index is 11.0. The quantitative estimate of drug-likeness (QED) is 0.813. The number of carboxylic acids is 1. The number of anilines is 1. The zero-order valence-corrected chi connectivity index (χ0v) is 10.3. The summed E-state index contributed by atoms with van der Waals surface area (Å²) in [5.74, 6) is 0.135. The average molecular weight is 262 g/mol. The van der Waals surface area contributed by atoms with Crippen LogP contribution in [-0.4, -0.2) is 39.1 Å². The Morgan fingerprint density at radius 3 is 2.88 bits per heavy atom. The summed E-state index contributed by atoms with van der Waals surface area (Å²) in [6.07, 6.45) is 5.34. The predicted molar refractivity (Wildman–Crippen MR) is 65.1 cm³/mol. The van der Waals surface area contributed by atoms with Crippen LogP contribution in [0.3, 0.4) is 0 Å². The van der Waals surface area contributed by atoms with E-state index in [-0.39, 0.29) is 5.15 Å². The van der Waals surface area contributed by atoms with Crippen LogP contribution in [-0.2, 0) is 4.79 Å². The van der Waals surface area contributed by atoms with Gasteiger partial charge in [-0.05, 0) is 18.4 Å². The van der Waals surface area contributed by atoms with Gasteiger partial charge in [-0.15, -0.1) is 0 Å². The third-order valence-corrected chi connectivity index (χ3v) is 2.79. The number of carboxylic acid groups (broad SMARTS) is 1. The van der Waals surface area contributed by atoms with Gasteiger partial charge in [0.05, 0.1) is 0 Å². The van der Waals surface area contributed by atoms with Crippen molar-refractivity contribution in [2.24, 2.45) is 0 Å².